The van der Waals surface area contributed by atoms with E-state index in [9.17, 15) is 18.0 Å². The molecule has 0 aliphatic heterocycles. The molecule has 0 fully saturated rings. The van der Waals surface area contributed by atoms with Crippen molar-refractivity contribution >= 4 is 39.1 Å². The van der Waals surface area contributed by atoms with Gasteiger partial charge in [0.2, 0.25) is 15.9 Å². The molecule has 0 bridgehead atoms. The highest BCUT2D eigenvalue weighted by Crippen LogP contribution is 2.19. The molecule has 7 nitrogen and oxygen atoms in total. The van der Waals surface area contributed by atoms with Gasteiger partial charge in [-0.3, -0.25) is 9.59 Å². The van der Waals surface area contributed by atoms with Crippen LogP contribution in [0.3, 0.4) is 0 Å². The molecule has 9 heteroatoms. The number of rotatable bonds is 9. The van der Waals surface area contributed by atoms with Gasteiger partial charge >= 0.3 is 0 Å². The molecule has 0 aromatic heterocycles. The minimum Gasteiger partial charge on any atom is -0.350 e. The average Bonchev–Trinajstić information content (AvgIpc) is 2.68. The fourth-order valence-corrected chi connectivity index (χ4v) is 3.57. The fraction of sp³-hybridized carbons (Fsp3) is 0.333. The number of hydrogen-bond acceptors (Lipinski definition) is 4. The van der Waals surface area contributed by atoms with Crippen molar-refractivity contribution < 1.29 is 18.0 Å². The summed E-state index contributed by atoms with van der Waals surface area (Å²) in [5.74, 6) is -0.868. The summed E-state index contributed by atoms with van der Waals surface area (Å²) in [5.41, 5.74) is 1.21. The van der Waals surface area contributed by atoms with E-state index in [-0.39, 0.29) is 18.5 Å². The second-order valence-electron chi connectivity index (χ2n) is 7.00. The molecule has 2 N–H and O–H groups in total. The smallest absolute Gasteiger partial charge is 0.253 e. The van der Waals surface area contributed by atoms with Gasteiger partial charge in [0.15, 0.2) is 0 Å². The molecule has 0 radical (unpaired) electrons. The number of benzene rings is 2. The second kappa shape index (κ2) is 10.6. The van der Waals surface area contributed by atoms with Crippen molar-refractivity contribution in [3.63, 3.8) is 0 Å². The first-order valence-corrected chi connectivity index (χ1v) is 11.7. The minimum atomic E-state index is -3.68. The molecular weight excluding hydrogens is 426 g/mol. The number of para-hydroxylation sites is 1. The van der Waals surface area contributed by atoms with Crippen molar-refractivity contribution in [3.05, 3.63) is 64.7 Å². The number of amides is 2. The highest BCUT2D eigenvalue weighted by atomic mass is 35.5. The van der Waals surface area contributed by atoms with Crippen molar-refractivity contribution in [1.29, 1.82) is 0 Å². The van der Waals surface area contributed by atoms with Crippen LogP contribution >= 0.6 is 11.6 Å². The van der Waals surface area contributed by atoms with Gasteiger partial charge in [-0.25, -0.2) is 8.42 Å². The number of nitrogens with zero attached hydrogens (tertiary/aromatic N) is 1. The predicted molar refractivity (Wildman–Crippen MR) is 119 cm³/mol. The van der Waals surface area contributed by atoms with Crippen LogP contribution in [0.1, 0.15) is 36.2 Å². The lowest BCUT2D eigenvalue weighted by Gasteiger charge is -2.21. The SMILES string of the molecule is CC[C@H](C)NC(=O)c1ccccc1NC(=O)CN(Cc1ccccc1Cl)S(C)(=O)=O. The largest absolute Gasteiger partial charge is 0.350 e. The topological polar surface area (TPSA) is 95.6 Å². The Balaban J connectivity index is 2.17. The zero-order valence-electron chi connectivity index (χ0n) is 17.2. The van der Waals surface area contributed by atoms with Crippen LogP contribution in [0.4, 0.5) is 5.69 Å². The molecule has 162 valence electrons. The summed E-state index contributed by atoms with van der Waals surface area (Å²) in [5, 5.41) is 5.91. The van der Waals surface area contributed by atoms with Crippen LogP contribution in [-0.2, 0) is 21.4 Å². The summed E-state index contributed by atoms with van der Waals surface area (Å²) in [6.45, 7) is 3.39. The number of anilines is 1. The zero-order valence-corrected chi connectivity index (χ0v) is 18.8. The molecule has 1 atom stereocenters. The van der Waals surface area contributed by atoms with E-state index in [1.165, 1.54) is 0 Å². The van der Waals surface area contributed by atoms with E-state index < -0.39 is 22.5 Å². The van der Waals surface area contributed by atoms with Crippen LogP contribution in [0.25, 0.3) is 0 Å². The molecular formula is C21H26ClN3O4S. The summed E-state index contributed by atoms with van der Waals surface area (Å²) in [4.78, 5) is 25.1. The number of hydrogen-bond donors (Lipinski definition) is 2. The van der Waals surface area contributed by atoms with Gasteiger partial charge in [-0.05, 0) is 37.1 Å². The molecule has 2 aromatic rings. The van der Waals surface area contributed by atoms with Crippen molar-refractivity contribution in [1.82, 2.24) is 9.62 Å². The zero-order chi connectivity index (χ0) is 22.3. The summed E-state index contributed by atoms with van der Waals surface area (Å²) in [6.07, 6.45) is 1.80. The second-order valence-corrected chi connectivity index (χ2v) is 9.39. The number of carbonyl (C=O) groups excluding carboxylic acids is 2. The molecule has 0 aliphatic rings. The molecule has 0 saturated carbocycles. The lowest BCUT2D eigenvalue weighted by molar-refractivity contribution is -0.116. The first-order chi connectivity index (χ1) is 14.1. The quantitative estimate of drug-likeness (QED) is 0.611. The maximum absolute atomic E-state index is 12.6. The van der Waals surface area contributed by atoms with E-state index in [1.807, 2.05) is 13.8 Å². The van der Waals surface area contributed by atoms with Gasteiger partial charge in [0.25, 0.3) is 5.91 Å². The normalized spacial score (nSPS) is 12.4. The fourth-order valence-electron chi connectivity index (χ4n) is 2.65. The highest BCUT2D eigenvalue weighted by Gasteiger charge is 2.22. The standard InChI is InChI=1S/C21H26ClN3O4S/c1-4-15(2)23-21(27)17-10-6-8-12-19(17)24-20(26)14-25(30(3,28)29)13-16-9-5-7-11-18(16)22/h5-12,15H,4,13-14H2,1-3H3,(H,23,27)(H,24,26)/t15-/m0/s1. The van der Waals surface area contributed by atoms with Gasteiger partial charge in [0.1, 0.15) is 0 Å². The van der Waals surface area contributed by atoms with Gasteiger partial charge < -0.3 is 10.6 Å². The van der Waals surface area contributed by atoms with Crippen molar-refractivity contribution in [2.75, 3.05) is 18.1 Å². The first kappa shape index (κ1) is 23.9. The number of sulfonamides is 1. The Bertz CT molecular complexity index is 1010. The molecule has 0 aliphatic carbocycles. The Hall–Kier alpha value is -2.42. The van der Waals surface area contributed by atoms with Crippen LogP contribution in [0.15, 0.2) is 48.5 Å². The molecule has 2 rings (SSSR count). The van der Waals surface area contributed by atoms with Crippen molar-refractivity contribution in [2.45, 2.75) is 32.9 Å². The number of nitrogens with one attached hydrogen (secondary N) is 2. The number of halogens is 1. The summed E-state index contributed by atoms with van der Waals surface area (Å²) in [6, 6.07) is 13.4. The molecule has 30 heavy (non-hydrogen) atoms. The Morgan fingerprint density at radius 1 is 1.10 bits per heavy atom. The maximum Gasteiger partial charge on any atom is 0.253 e. The van der Waals surface area contributed by atoms with Gasteiger partial charge in [0.05, 0.1) is 24.1 Å². The average molecular weight is 452 g/mol. The van der Waals surface area contributed by atoms with E-state index >= 15 is 0 Å². The van der Waals surface area contributed by atoms with E-state index in [4.69, 9.17) is 11.6 Å². The van der Waals surface area contributed by atoms with Crippen LogP contribution in [0.2, 0.25) is 5.02 Å². The van der Waals surface area contributed by atoms with Crippen molar-refractivity contribution in [3.8, 4) is 0 Å². The molecule has 0 heterocycles. The Kier molecular flexibility index (Phi) is 8.40. The summed E-state index contributed by atoms with van der Waals surface area (Å²) in [7, 11) is -3.68. The Morgan fingerprint density at radius 3 is 2.37 bits per heavy atom. The van der Waals surface area contributed by atoms with E-state index in [0.29, 0.717) is 21.8 Å². The summed E-state index contributed by atoms with van der Waals surface area (Å²) >= 11 is 6.13. The van der Waals surface area contributed by atoms with Crippen LogP contribution in [0.5, 0.6) is 0 Å². The first-order valence-electron chi connectivity index (χ1n) is 9.50. The van der Waals surface area contributed by atoms with Gasteiger partial charge in [0, 0.05) is 17.6 Å². The third-order valence-electron chi connectivity index (χ3n) is 4.53. The number of carbonyl (C=O) groups is 2. The summed E-state index contributed by atoms with van der Waals surface area (Å²) < 4.78 is 25.4. The maximum atomic E-state index is 12.6. The molecule has 2 aromatic carbocycles. The van der Waals surface area contributed by atoms with Gasteiger partial charge in [-0.2, -0.15) is 4.31 Å². The predicted octanol–water partition coefficient (Wildman–Crippen LogP) is 3.27. The monoisotopic (exact) mass is 451 g/mol. The molecule has 0 saturated heterocycles. The molecule has 2 amide bonds. The van der Waals surface area contributed by atoms with Gasteiger partial charge in [-0.15, -0.1) is 0 Å². The van der Waals surface area contributed by atoms with Gasteiger partial charge in [-0.1, -0.05) is 48.9 Å². The Labute approximate surface area is 182 Å². The lowest BCUT2D eigenvalue weighted by Crippen LogP contribution is -2.37. The van der Waals surface area contributed by atoms with Crippen molar-refractivity contribution in [2.24, 2.45) is 0 Å². The third-order valence-corrected chi connectivity index (χ3v) is 6.09. The van der Waals surface area contributed by atoms with Crippen LogP contribution in [0, 0.1) is 0 Å². The highest BCUT2D eigenvalue weighted by molar-refractivity contribution is 7.88. The van der Waals surface area contributed by atoms with E-state index in [2.05, 4.69) is 10.6 Å². The lowest BCUT2D eigenvalue weighted by atomic mass is 10.1. The van der Waals surface area contributed by atoms with Crippen LogP contribution < -0.4 is 10.6 Å². The van der Waals surface area contributed by atoms with Crippen LogP contribution in [-0.4, -0.2) is 43.4 Å². The molecule has 0 spiro atoms. The Morgan fingerprint density at radius 2 is 1.73 bits per heavy atom. The van der Waals surface area contributed by atoms with E-state index in [0.717, 1.165) is 17.0 Å². The minimum absolute atomic E-state index is 0.0161. The molecule has 0 unspecified atom stereocenters. The third kappa shape index (κ3) is 6.83. The van der Waals surface area contributed by atoms with E-state index in [1.54, 1.807) is 48.5 Å².